The molecule has 11 heteroatoms. The minimum absolute atomic E-state index is 0.172. The summed E-state index contributed by atoms with van der Waals surface area (Å²) in [6.45, 7) is 1.60. The van der Waals surface area contributed by atoms with E-state index in [0.717, 1.165) is 29.5 Å². The third-order valence-electron chi connectivity index (χ3n) is 5.34. The Bertz CT molecular complexity index is 1030. The van der Waals surface area contributed by atoms with Crippen molar-refractivity contribution in [3.8, 4) is 5.75 Å². The van der Waals surface area contributed by atoms with Gasteiger partial charge in [0.15, 0.2) is 0 Å². The van der Waals surface area contributed by atoms with Gasteiger partial charge in [0, 0.05) is 18.8 Å². The van der Waals surface area contributed by atoms with E-state index in [-0.39, 0.29) is 36.1 Å². The highest BCUT2D eigenvalue weighted by molar-refractivity contribution is 8.14. The van der Waals surface area contributed by atoms with Crippen LogP contribution in [0.2, 0.25) is 0 Å². The number of imide groups is 1. The van der Waals surface area contributed by atoms with Crippen molar-refractivity contribution < 1.29 is 32.3 Å². The third-order valence-corrected chi connectivity index (χ3v) is 6.19. The van der Waals surface area contributed by atoms with Crippen LogP contribution < -0.4 is 9.64 Å². The molecule has 0 spiro atoms. The van der Waals surface area contributed by atoms with Crippen LogP contribution in [-0.2, 0) is 17.5 Å². The molecule has 4 amide bonds. The van der Waals surface area contributed by atoms with Crippen molar-refractivity contribution in [3.63, 3.8) is 0 Å². The summed E-state index contributed by atoms with van der Waals surface area (Å²) in [5.74, 6) is 0.551. The summed E-state index contributed by atoms with van der Waals surface area (Å²) >= 11 is 0.991. The molecule has 0 unspecified atom stereocenters. The van der Waals surface area contributed by atoms with E-state index in [1.807, 2.05) is 0 Å². The smallest absolute Gasteiger partial charge is 0.416 e. The van der Waals surface area contributed by atoms with Crippen LogP contribution in [-0.4, -0.2) is 59.0 Å². The molecule has 2 saturated heterocycles. The Hall–Kier alpha value is -3.21. The normalized spacial score (nSPS) is 16.8. The number of ether oxygens (including phenoxy) is 1. The van der Waals surface area contributed by atoms with Gasteiger partial charge in [-0.3, -0.25) is 19.4 Å². The zero-order valence-corrected chi connectivity index (χ0v) is 18.2. The Morgan fingerprint density at radius 3 is 2.24 bits per heavy atom. The first-order chi connectivity index (χ1) is 15.7. The lowest BCUT2D eigenvalue weighted by molar-refractivity contribution is -0.137. The number of hydrogen-bond donors (Lipinski definition) is 0. The first kappa shape index (κ1) is 23.0. The van der Waals surface area contributed by atoms with Gasteiger partial charge in [-0.1, -0.05) is 23.9 Å². The topological polar surface area (TPSA) is 70.2 Å². The van der Waals surface area contributed by atoms with Crippen molar-refractivity contribution in [2.24, 2.45) is 0 Å². The molecular weight excluding hydrogens is 459 g/mol. The molecule has 4 rings (SSSR count). The van der Waals surface area contributed by atoms with E-state index in [1.165, 1.54) is 21.9 Å². The van der Waals surface area contributed by atoms with E-state index >= 15 is 0 Å². The number of alkyl halides is 3. The highest BCUT2D eigenvalue weighted by atomic mass is 32.2. The number of anilines is 1. The summed E-state index contributed by atoms with van der Waals surface area (Å²) in [6.07, 6.45) is -4.42. The average molecular weight is 479 g/mol. The van der Waals surface area contributed by atoms with E-state index in [0.29, 0.717) is 31.1 Å². The maximum Gasteiger partial charge on any atom is 0.416 e. The number of carbonyl (C=O) groups is 3. The minimum Gasteiger partial charge on any atom is -0.492 e. The molecule has 2 aliphatic rings. The summed E-state index contributed by atoms with van der Waals surface area (Å²) in [4.78, 5) is 40.2. The van der Waals surface area contributed by atoms with Crippen LogP contribution in [0.3, 0.4) is 0 Å². The number of benzene rings is 2. The largest absolute Gasteiger partial charge is 0.492 e. The first-order valence-electron chi connectivity index (χ1n) is 10.1. The summed E-state index contributed by atoms with van der Waals surface area (Å²) < 4.78 is 43.9. The SMILES string of the molecule is O=C1CSC(=O)N1Cc1ccc(OCCN2CCN(c3ccc(C(F)(F)F)cc3)C2=O)cc1. The lowest BCUT2D eigenvalue weighted by Crippen LogP contribution is -2.34. The lowest BCUT2D eigenvalue weighted by atomic mass is 10.2. The number of carbonyl (C=O) groups excluding carboxylic acids is 3. The van der Waals surface area contributed by atoms with Gasteiger partial charge in [0.2, 0.25) is 5.91 Å². The van der Waals surface area contributed by atoms with Crippen LogP contribution in [0.15, 0.2) is 48.5 Å². The van der Waals surface area contributed by atoms with Gasteiger partial charge >= 0.3 is 12.2 Å². The van der Waals surface area contributed by atoms with Crippen LogP contribution in [0.4, 0.5) is 28.4 Å². The molecule has 174 valence electrons. The molecule has 0 N–H and O–H groups in total. The molecule has 2 fully saturated rings. The number of urea groups is 1. The Kier molecular flexibility index (Phi) is 6.50. The Morgan fingerprint density at radius 1 is 0.939 bits per heavy atom. The van der Waals surface area contributed by atoms with Crippen molar-refractivity contribution in [2.45, 2.75) is 12.7 Å². The summed E-state index contributed by atoms with van der Waals surface area (Å²) in [6, 6.07) is 11.2. The molecule has 0 radical (unpaired) electrons. The first-order valence-corrected chi connectivity index (χ1v) is 11.1. The third kappa shape index (κ3) is 5.24. The number of hydrogen-bond acceptors (Lipinski definition) is 5. The molecule has 2 aromatic carbocycles. The van der Waals surface area contributed by atoms with Gasteiger partial charge in [-0.05, 0) is 42.0 Å². The maximum atomic E-state index is 12.7. The van der Waals surface area contributed by atoms with Crippen molar-refractivity contribution in [2.75, 3.05) is 36.9 Å². The van der Waals surface area contributed by atoms with E-state index in [1.54, 1.807) is 29.2 Å². The molecule has 0 atom stereocenters. The minimum atomic E-state index is -4.42. The van der Waals surface area contributed by atoms with Gasteiger partial charge in [-0.25, -0.2) is 4.79 Å². The number of thioether (sulfide) groups is 1. The number of rotatable bonds is 7. The van der Waals surface area contributed by atoms with E-state index < -0.39 is 11.7 Å². The highest BCUT2D eigenvalue weighted by Gasteiger charge is 2.33. The monoisotopic (exact) mass is 479 g/mol. The van der Waals surface area contributed by atoms with Crippen LogP contribution in [0.1, 0.15) is 11.1 Å². The zero-order chi connectivity index (χ0) is 23.6. The quantitative estimate of drug-likeness (QED) is 0.595. The van der Waals surface area contributed by atoms with Gasteiger partial charge in [0.25, 0.3) is 5.24 Å². The van der Waals surface area contributed by atoms with E-state index in [4.69, 9.17) is 4.74 Å². The fourth-order valence-corrected chi connectivity index (χ4v) is 4.27. The second-order valence-corrected chi connectivity index (χ2v) is 8.42. The van der Waals surface area contributed by atoms with Gasteiger partial charge in [-0.15, -0.1) is 0 Å². The Morgan fingerprint density at radius 2 is 1.64 bits per heavy atom. The van der Waals surface area contributed by atoms with Crippen LogP contribution in [0, 0.1) is 0 Å². The zero-order valence-electron chi connectivity index (χ0n) is 17.4. The lowest BCUT2D eigenvalue weighted by Gasteiger charge is -2.19. The second-order valence-electron chi connectivity index (χ2n) is 7.49. The molecular formula is C22H20F3N3O4S. The molecule has 0 saturated carbocycles. The second kappa shape index (κ2) is 9.34. The number of amides is 4. The van der Waals surface area contributed by atoms with E-state index in [9.17, 15) is 27.6 Å². The predicted molar refractivity (Wildman–Crippen MR) is 116 cm³/mol. The van der Waals surface area contributed by atoms with Crippen molar-refractivity contribution in [3.05, 3.63) is 59.7 Å². The van der Waals surface area contributed by atoms with Gasteiger partial charge in [-0.2, -0.15) is 13.2 Å². The molecule has 33 heavy (non-hydrogen) atoms. The Labute approximate surface area is 192 Å². The predicted octanol–water partition coefficient (Wildman–Crippen LogP) is 4.22. The fourth-order valence-electron chi connectivity index (χ4n) is 3.54. The summed E-state index contributed by atoms with van der Waals surface area (Å²) in [7, 11) is 0. The number of nitrogens with zero attached hydrogens (tertiary/aromatic N) is 3. The van der Waals surface area contributed by atoms with Crippen LogP contribution in [0.25, 0.3) is 0 Å². The van der Waals surface area contributed by atoms with Crippen LogP contribution >= 0.6 is 11.8 Å². The van der Waals surface area contributed by atoms with Gasteiger partial charge < -0.3 is 9.64 Å². The van der Waals surface area contributed by atoms with Gasteiger partial charge in [0.1, 0.15) is 12.4 Å². The Balaban J connectivity index is 1.26. The molecule has 2 aliphatic heterocycles. The maximum absolute atomic E-state index is 12.7. The van der Waals surface area contributed by atoms with Gasteiger partial charge in [0.05, 0.1) is 24.4 Å². The van der Waals surface area contributed by atoms with Crippen molar-refractivity contribution in [1.82, 2.24) is 9.80 Å². The molecule has 2 aromatic rings. The highest BCUT2D eigenvalue weighted by Crippen LogP contribution is 2.31. The average Bonchev–Trinajstić information content (AvgIpc) is 3.31. The van der Waals surface area contributed by atoms with Crippen molar-refractivity contribution in [1.29, 1.82) is 0 Å². The summed E-state index contributed by atoms with van der Waals surface area (Å²) in [5.41, 5.74) is 0.459. The van der Waals surface area contributed by atoms with E-state index in [2.05, 4.69) is 0 Å². The van der Waals surface area contributed by atoms with Crippen LogP contribution in [0.5, 0.6) is 5.75 Å². The number of halogens is 3. The molecule has 2 heterocycles. The molecule has 0 bridgehead atoms. The summed E-state index contributed by atoms with van der Waals surface area (Å²) in [5, 5.41) is -0.249. The molecule has 0 aromatic heterocycles. The standard InChI is InChI=1S/C22H20F3N3O4S/c23-22(24,25)16-3-5-17(6-4-16)27-10-9-26(20(27)30)11-12-32-18-7-1-15(2-8-18)13-28-19(29)14-33-21(28)31/h1-8H,9-14H2. The fraction of sp³-hybridized carbons (Fsp3) is 0.318. The molecule has 0 aliphatic carbocycles. The van der Waals surface area contributed by atoms with Crippen molar-refractivity contribution >= 4 is 34.6 Å². The molecule has 7 nitrogen and oxygen atoms in total.